The van der Waals surface area contributed by atoms with Crippen molar-refractivity contribution in [3.8, 4) is 0 Å². The lowest BCUT2D eigenvalue weighted by molar-refractivity contribution is 0.639. The number of hydrogen-bond acceptors (Lipinski definition) is 3. The van der Waals surface area contributed by atoms with E-state index in [-0.39, 0.29) is 0 Å². The first-order chi connectivity index (χ1) is 9.81. The van der Waals surface area contributed by atoms with E-state index in [1.165, 1.54) is 25.4 Å². The van der Waals surface area contributed by atoms with Gasteiger partial charge in [0.1, 0.15) is 0 Å². The summed E-state index contributed by atoms with van der Waals surface area (Å²) in [6.45, 7) is 5.36. The van der Waals surface area contributed by atoms with Crippen LogP contribution in [0.15, 0.2) is 41.8 Å². The molecular weight excluding hydrogens is 282 g/mol. The number of rotatable bonds is 5. The van der Waals surface area contributed by atoms with Crippen molar-refractivity contribution in [2.45, 2.75) is 26.3 Å². The summed E-state index contributed by atoms with van der Waals surface area (Å²) in [5, 5.41) is 5.80. The van der Waals surface area contributed by atoms with Crippen LogP contribution in [0, 0.1) is 0 Å². The van der Waals surface area contributed by atoms with Crippen LogP contribution in [0.25, 0.3) is 9.40 Å². The maximum Gasteiger partial charge on any atom is 0.0671 e. The van der Waals surface area contributed by atoms with E-state index in [1.807, 2.05) is 22.7 Å². The molecule has 2 aromatic heterocycles. The highest BCUT2D eigenvalue weighted by Gasteiger charge is 2.16. The Morgan fingerprint density at radius 3 is 2.75 bits per heavy atom. The van der Waals surface area contributed by atoms with Crippen LogP contribution in [0.2, 0.25) is 0 Å². The van der Waals surface area contributed by atoms with Crippen molar-refractivity contribution in [1.82, 2.24) is 5.32 Å². The largest absolute Gasteiger partial charge is 0.306 e. The summed E-state index contributed by atoms with van der Waals surface area (Å²) in [6, 6.07) is 13.8. The van der Waals surface area contributed by atoms with Crippen molar-refractivity contribution in [1.29, 1.82) is 0 Å². The summed E-state index contributed by atoms with van der Waals surface area (Å²) in [4.78, 5) is 1.42. The summed E-state index contributed by atoms with van der Waals surface area (Å²) in [5.74, 6) is 0. The Balaban J connectivity index is 2.01. The molecule has 1 N–H and O–H groups in total. The molecular formula is C17H19NS2. The van der Waals surface area contributed by atoms with Crippen molar-refractivity contribution < 1.29 is 0 Å². The molecule has 0 bridgehead atoms. The van der Waals surface area contributed by atoms with Gasteiger partial charge in [0, 0.05) is 14.3 Å². The Hall–Kier alpha value is -1.16. The number of fused-ring (bicyclic) bond motifs is 1. The normalized spacial score (nSPS) is 12.9. The average Bonchev–Trinajstić information content (AvgIpc) is 3.06. The number of nitrogens with one attached hydrogen (secondary N) is 1. The highest BCUT2D eigenvalue weighted by molar-refractivity contribution is 7.27. The van der Waals surface area contributed by atoms with E-state index in [4.69, 9.17) is 0 Å². The van der Waals surface area contributed by atoms with Gasteiger partial charge < -0.3 is 5.32 Å². The zero-order valence-electron chi connectivity index (χ0n) is 11.8. The minimum atomic E-state index is 0.316. The van der Waals surface area contributed by atoms with Crippen molar-refractivity contribution in [3.05, 3.63) is 57.8 Å². The van der Waals surface area contributed by atoms with Crippen LogP contribution in [0.4, 0.5) is 0 Å². The molecule has 1 atom stereocenters. The zero-order valence-corrected chi connectivity index (χ0v) is 13.5. The van der Waals surface area contributed by atoms with Gasteiger partial charge in [0.25, 0.3) is 0 Å². The van der Waals surface area contributed by atoms with E-state index in [2.05, 4.69) is 60.9 Å². The molecule has 0 spiro atoms. The Morgan fingerprint density at radius 1 is 1.10 bits per heavy atom. The van der Waals surface area contributed by atoms with E-state index in [1.54, 1.807) is 0 Å². The minimum Gasteiger partial charge on any atom is -0.306 e. The standard InChI is InChI=1S/C17H19NS2/c1-3-12-6-5-7-13(10-12)17(18-4-2)16-11-15-14(20-16)8-9-19-15/h5-11,17-18H,3-4H2,1-2H3. The molecule has 3 heteroatoms. The van der Waals surface area contributed by atoms with Crippen molar-refractivity contribution >= 4 is 32.1 Å². The summed E-state index contributed by atoms with van der Waals surface area (Å²) in [5.41, 5.74) is 2.78. The topological polar surface area (TPSA) is 12.0 Å². The van der Waals surface area contributed by atoms with Crippen LogP contribution in [0.3, 0.4) is 0 Å². The van der Waals surface area contributed by atoms with Gasteiger partial charge in [0.2, 0.25) is 0 Å². The first kappa shape index (κ1) is 13.8. The van der Waals surface area contributed by atoms with Crippen molar-refractivity contribution in [3.63, 3.8) is 0 Å². The molecule has 0 amide bonds. The predicted molar refractivity (Wildman–Crippen MR) is 91.0 cm³/mol. The molecule has 104 valence electrons. The van der Waals surface area contributed by atoms with Gasteiger partial charge in [-0.15, -0.1) is 22.7 Å². The maximum absolute atomic E-state index is 3.63. The first-order valence-electron chi connectivity index (χ1n) is 7.11. The van der Waals surface area contributed by atoms with E-state index >= 15 is 0 Å². The summed E-state index contributed by atoms with van der Waals surface area (Å²) in [7, 11) is 0. The molecule has 3 aromatic rings. The predicted octanol–water partition coefficient (Wildman–Crippen LogP) is 5.22. The minimum absolute atomic E-state index is 0.316. The van der Waals surface area contributed by atoms with Crippen LogP contribution in [0.5, 0.6) is 0 Å². The van der Waals surface area contributed by atoms with Gasteiger partial charge in [-0.05, 0) is 41.6 Å². The number of benzene rings is 1. The third-order valence-electron chi connectivity index (χ3n) is 3.54. The molecule has 0 radical (unpaired) electrons. The fourth-order valence-corrected chi connectivity index (χ4v) is 4.73. The van der Waals surface area contributed by atoms with Gasteiger partial charge in [-0.1, -0.05) is 38.1 Å². The van der Waals surface area contributed by atoms with E-state index < -0.39 is 0 Å². The Kier molecular flexibility index (Phi) is 4.20. The molecule has 3 rings (SSSR count). The smallest absolute Gasteiger partial charge is 0.0671 e. The molecule has 0 aliphatic carbocycles. The lowest BCUT2D eigenvalue weighted by Gasteiger charge is -2.17. The van der Waals surface area contributed by atoms with E-state index in [0.717, 1.165) is 13.0 Å². The number of thiophene rings is 2. The molecule has 1 unspecified atom stereocenters. The number of hydrogen-bond donors (Lipinski definition) is 1. The fraction of sp³-hybridized carbons (Fsp3) is 0.294. The Bertz CT molecular complexity index is 667. The SMILES string of the molecule is CCNC(c1cccc(CC)c1)c1cc2sccc2s1. The Labute approximate surface area is 128 Å². The molecule has 0 fully saturated rings. The summed E-state index contributed by atoms with van der Waals surface area (Å²) in [6.07, 6.45) is 1.09. The van der Waals surface area contributed by atoms with Crippen LogP contribution in [0.1, 0.15) is 35.9 Å². The number of aryl methyl sites for hydroxylation is 1. The van der Waals surface area contributed by atoms with Crippen LogP contribution in [-0.4, -0.2) is 6.54 Å². The highest BCUT2D eigenvalue weighted by Crippen LogP contribution is 2.36. The molecule has 0 aliphatic rings. The molecule has 1 nitrogen and oxygen atoms in total. The van der Waals surface area contributed by atoms with E-state index in [9.17, 15) is 0 Å². The quantitative estimate of drug-likeness (QED) is 0.681. The van der Waals surface area contributed by atoms with Gasteiger partial charge in [0.15, 0.2) is 0 Å². The second-order valence-electron chi connectivity index (χ2n) is 4.89. The van der Waals surface area contributed by atoms with Gasteiger partial charge in [-0.2, -0.15) is 0 Å². The maximum atomic E-state index is 3.63. The van der Waals surface area contributed by atoms with Crippen LogP contribution in [-0.2, 0) is 6.42 Å². The highest BCUT2D eigenvalue weighted by atomic mass is 32.1. The summed E-state index contributed by atoms with van der Waals surface area (Å²) >= 11 is 3.74. The van der Waals surface area contributed by atoms with Crippen LogP contribution >= 0.6 is 22.7 Å². The fourth-order valence-electron chi connectivity index (χ4n) is 2.51. The van der Waals surface area contributed by atoms with Gasteiger partial charge in [-0.25, -0.2) is 0 Å². The zero-order chi connectivity index (χ0) is 13.9. The van der Waals surface area contributed by atoms with Gasteiger partial charge in [0.05, 0.1) is 6.04 Å². The van der Waals surface area contributed by atoms with Crippen molar-refractivity contribution in [2.24, 2.45) is 0 Å². The van der Waals surface area contributed by atoms with E-state index in [0.29, 0.717) is 6.04 Å². The molecule has 2 heterocycles. The van der Waals surface area contributed by atoms with Gasteiger partial charge >= 0.3 is 0 Å². The second-order valence-corrected chi connectivity index (χ2v) is 6.95. The monoisotopic (exact) mass is 301 g/mol. The third kappa shape index (κ3) is 2.66. The first-order valence-corrected chi connectivity index (χ1v) is 8.80. The molecule has 20 heavy (non-hydrogen) atoms. The second kappa shape index (κ2) is 6.08. The Morgan fingerprint density at radius 2 is 2.00 bits per heavy atom. The molecule has 0 saturated carbocycles. The lowest BCUT2D eigenvalue weighted by atomic mass is 10.0. The van der Waals surface area contributed by atoms with Gasteiger partial charge in [-0.3, -0.25) is 0 Å². The molecule has 0 saturated heterocycles. The van der Waals surface area contributed by atoms with Crippen LogP contribution < -0.4 is 5.32 Å². The van der Waals surface area contributed by atoms with Crippen molar-refractivity contribution in [2.75, 3.05) is 6.54 Å². The molecule has 1 aromatic carbocycles. The molecule has 0 aliphatic heterocycles. The summed E-state index contributed by atoms with van der Waals surface area (Å²) < 4.78 is 2.80. The average molecular weight is 301 g/mol. The third-order valence-corrected chi connectivity index (χ3v) is 5.70. The lowest BCUT2D eigenvalue weighted by Crippen LogP contribution is -2.21.